The van der Waals surface area contributed by atoms with Crippen molar-refractivity contribution < 1.29 is 9.90 Å². The summed E-state index contributed by atoms with van der Waals surface area (Å²) in [6, 6.07) is 0.644. The molecule has 1 aliphatic carbocycles. The standard InChI is InChI=1S/C15H25NO2/c1-15(2)7-3-4-13(15)14(18)16-10-5-6-11(16)9-12(17)8-10/h10-13,17H,3-9H2,1-2H3. The highest BCUT2D eigenvalue weighted by molar-refractivity contribution is 5.81. The monoisotopic (exact) mass is 251 g/mol. The van der Waals surface area contributed by atoms with Crippen LogP contribution in [0, 0.1) is 11.3 Å². The van der Waals surface area contributed by atoms with E-state index in [1.165, 1.54) is 12.8 Å². The predicted octanol–water partition coefficient (Wildman–Crippen LogP) is 2.33. The molecule has 3 heteroatoms. The van der Waals surface area contributed by atoms with Crippen LogP contribution in [0.2, 0.25) is 0 Å². The number of hydrogen-bond acceptors (Lipinski definition) is 2. The third-order valence-corrected chi connectivity index (χ3v) is 5.52. The highest BCUT2D eigenvalue weighted by Gasteiger charge is 2.48. The molecule has 2 heterocycles. The number of aliphatic hydroxyl groups excluding tert-OH is 1. The Hall–Kier alpha value is -0.570. The van der Waals surface area contributed by atoms with Gasteiger partial charge in [0.1, 0.15) is 0 Å². The van der Waals surface area contributed by atoms with Gasteiger partial charge in [-0.2, -0.15) is 0 Å². The molecule has 0 radical (unpaired) electrons. The van der Waals surface area contributed by atoms with Crippen molar-refractivity contribution in [3.05, 3.63) is 0 Å². The van der Waals surface area contributed by atoms with Crippen molar-refractivity contribution in [3.8, 4) is 0 Å². The van der Waals surface area contributed by atoms with Gasteiger partial charge in [0.2, 0.25) is 5.91 Å². The van der Waals surface area contributed by atoms with Crippen molar-refractivity contribution >= 4 is 5.91 Å². The number of carbonyl (C=O) groups is 1. The van der Waals surface area contributed by atoms with Crippen LogP contribution in [0.15, 0.2) is 0 Å². The molecule has 1 N–H and O–H groups in total. The van der Waals surface area contributed by atoms with E-state index in [-0.39, 0.29) is 17.4 Å². The zero-order chi connectivity index (χ0) is 12.9. The summed E-state index contributed by atoms with van der Waals surface area (Å²) in [5.74, 6) is 0.604. The molecule has 0 aromatic heterocycles. The largest absolute Gasteiger partial charge is 0.393 e. The maximum absolute atomic E-state index is 12.8. The number of nitrogens with zero attached hydrogens (tertiary/aromatic N) is 1. The molecule has 2 saturated heterocycles. The fourth-order valence-corrected chi connectivity index (χ4v) is 4.47. The van der Waals surface area contributed by atoms with Crippen LogP contribution in [-0.4, -0.2) is 34.1 Å². The first-order chi connectivity index (χ1) is 8.49. The average molecular weight is 251 g/mol. The maximum atomic E-state index is 12.8. The first-order valence-corrected chi connectivity index (χ1v) is 7.49. The van der Waals surface area contributed by atoms with E-state index in [9.17, 15) is 9.90 Å². The Morgan fingerprint density at radius 3 is 2.28 bits per heavy atom. The van der Waals surface area contributed by atoms with Crippen LogP contribution >= 0.6 is 0 Å². The van der Waals surface area contributed by atoms with Crippen LogP contribution in [0.5, 0.6) is 0 Å². The normalized spacial score (nSPS) is 42.3. The van der Waals surface area contributed by atoms with E-state index in [4.69, 9.17) is 0 Å². The fraction of sp³-hybridized carbons (Fsp3) is 0.933. The summed E-state index contributed by atoms with van der Waals surface area (Å²) in [5.41, 5.74) is 0.173. The quantitative estimate of drug-likeness (QED) is 0.777. The zero-order valence-electron chi connectivity index (χ0n) is 11.6. The third kappa shape index (κ3) is 1.87. The van der Waals surface area contributed by atoms with Gasteiger partial charge < -0.3 is 10.0 Å². The maximum Gasteiger partial charge on any atom is 0.226 e. The number of fused-ring (bicyclic) bond motifs is 2. The molecule has 0 spiro atoms. The van der Waals surface area contributed by atoms with Crippen molar-refractivity contribution in [2.24, 2.45) is 11.3 Å². The third-order valence-electron chi connectivity index (χ3n) is 5.52. The number of amides is 1. The summed E-state index contributed by atoms with van der Waals surface area (Å²) < 4.78 is 0. The van der Waals surface area contributed by atoms with Gasteiger partial charge in [0, 0.05) is 18.0 Å². The van der Waals surface area contributed by atoms with E-state index in [0.29, 0.717) is 18.0 Å². The van der Waals surface area contributed by atoms with E-state index in [2.05, 4.69) is 18.7 Å². The first-order valence-electron chi connectivity index (χ1n) is 7.49. The van der Waals surface area contributed by atoms with Crippen LogP contribution in [0.1, 0.15) is 58.8 Å². The van der Waals surface area contributed by atoms with E-state index in [1.807, 2.05) is 0 Å². The van der Waals surface area contributed by atoms with Gasteiger partial charge in [-0.1, -0.05) is 20.3 Å². The van der Waals surface area contributed by atoms with Crippen LogP contribution in [0.4, 0.5) is 0 Å². The van der Waals surface area contributed by atoms with Gasteiger partial charge in [0.15, 0.2) is 0 Å². The number of aliphatic hydroxyl groups is 1. The molecule has 1 saturated carbocycles. The lowest BCUT2D eigenvalue weighted by Crippen LogP contribution is -2.51. The molecule has 3 rings (SSSR count). The molecular weight excluding hydrogens is 226 g/mol. The van der Waals surface area contributed by atoms with E-state index in [0.717, 1.165) is 32.1 Å². The Balaban J connectivity index is 1.77. The van der Waals surface area contributed by atoms with Crippen molar-refractivity contribution in [1.82, 2.24) is 4.90 Å². The Labute approximate surface area is 110 Å². The van der Waals surface area contributed by atoms with Crippen LogP contribution in [0.25, 0.3) is 0 Å². The van der Waals surface area contributed by atoms with Crippen LogP contribution < -0.4 is 0 Å². The molecule has 2 bridgehead atoms. The lowest BCUT2D eigenvalue weighted by Gasteiger charge is -2.40. The fourth-order valence-electron chi connectivity index (χ4n) is 4.47. The summed E-state index contributed by atoms with van der Waals surface area (Å²) in [4.78, 5) is 15.0. The van der Waals surface area contributed by atoms with Gasteiger partial charge in [-0.05, 0) is 43.9 Å². The van der Waals surface area contributed by atoms with E-state index >= 15 is 0 Å². The number of carbonyl (C=O) groups excluding carboxylic acids is 1. The summed E-state index contributed by atoms with van der Waals surface area (Å²) >= 11 is 0. The second-order valence-electron chi connectivity index (χ2n) is 7.19. The molecule has 102 valence electrons. The lowest BCUT2D eigenvalue weighted by molar-refractivity contribution is -0.144. The van der Waals surface area contributed by atoms with Gasteiger partial charge in [0.25, 0.3) is 0 Å². The van der Waals surface area contributed by atoms with Gasteiger partial charge in [-0.3, -0.25) is 4.79 Å². The van der Waals surface area contributed by atoms with Gasteiger partial charge in [-0.15, -0.1) is 0 Å². The Kier molecular flexibility index (Phi) is 2.92. The smallest absolute Gasteiger partial charge is 0.226 e. The second kappa shape index (κ2) is 4.22. The van der Waals surface area contributed by atoms with Gasteiger partial charge >= 0.3 is 0 Å². The van der Waals surface area contributed by atoms with Crippen LogP contribution in [-0.2, 0) is 4.79 Å². The Morgan fingerprint density at radius 1 is 1.17 bits per heavy atom. The molecule has 0 aromatic rings. The van der Waals surface area contributed by atoms with Gasteiger partial charge in [-0.25, -0.2) is 0 Å². The molecule has 3 aliphatic rings. The van der Waals surface area contributed by atoms with Crippen LogP contribution in [0.3, 0.4) is 0 Å². The van der Waals surface area contributed by atoms with E-state index < -0.39 is 0 Å². The zero-order valence-corrected chi connectivity index (χ0v) is 11.6. The number of hydrogen-bond donors (Lipinski definition) is 1. The average Bonchev–Trinajstić information content (AvgIpc) is 2.76. The Morgan fingerprint density at radius 2 is 1.78 bits per heavy atom. The minimum absolute atomic E-state index is 0.173. The molecule has 0 aromatic carbocycles. The molecule has 3 fully saturated rings. The predicted molar refractivity (Wildman–Crippen MR) is 70.0 cm³/mol. The molecule has 1 amide bonds. The minimum atomic E-state index is -0.178. The minimum Gasteiger partial charge on any atom is -0.393 e. The number of rotatable bonds is 1. The molecule has 3 nitrogen and oxygen atoms in total. The molecule has 3 unspecified atom stereocenters. The summed E-state index contributed by atoms with van der Waals surface area (Å²) in [6.45, 7) is 4.48. The molecule has 18 heavy (non-hydrogen) atoms. The van der Waals surface area contributed by atoms with Crippen molar-refractivity contribution in [1.29, 1.82) is 0 Å². The first kappa shape index (κ1) is 12.5. The van der Waals surface area contributed by atoms with E-state index in [1.54, 1.807) is 0 Å². The highest BCUT2D eigenvalue weighted by atomic mass is 16.3. The number of piperidine rings is 1. The Bertz CT molecular complexity index is 338. The summed E-state index contributed by atoms with van der Waals surface area (Å²) in [5, 5.41) is 9.82. The van der Waals surface area contributed by atoms with Crippen molar-refractivity contribution in [3.63, 3.8) is 0 Å². The molecular formula is C15H25NO2. The summed E-state index contributed by atoms with van der Waals surface area (Å²) in [7, 11) is 0. The molecule has 3 atom stereocenters. The summed E-state index contributed by atoms with van der Waals surface area (Å²) in [6.07, 6.45) is 7.05. The topological polar surface area (TPSA) is 40.5 Å². The second-order valence-corrected chi connectivity index (χ2v) is 7.19. The molecule has 2 aliphatic heterocycles. The van der Waals surface area contributed by atoms with Crippen molar-refractivity contribution in [2.75, 3.05) is 0 Å². The van der Waals surface area contributed by atoms with Crippen molar-refractivity contribution in [2.45, 2.75) is 77.0 Å². The highest BCUT2D eigenvalue weighted by Crippen LogP contribution is 2.46. The SMILES string of the molecule is CC1(C)CCCC1C(=O)N1C2CCC1CC(O)C2. The lowest BCUT2D eigenvalue weighted by atomic mass is 9.80. The van der Waals surface area contributed by atoms with Gasteiger partial charge in [0.05, 0.1) is 6.10 Å².